The Hall–Kier alpha value is -1.85. The summed E-state index contributed by atoms with van der Waals surface area (Å²) in [4.78, 5) is 23.3. The minimum absolute atomic E-state index is 0.316. The van der Waals surface area contributed by atoms with Gasteiger partial charge in [0.2, 0.25) is 0 Å². The molecule has 15 heavy (non-hydrogen) atoms. The molecule has 0 saturated carbocycles. The van der Waals surface area contributed by atoms with E-state index in [-0.39, 0.29) is 12.5 Å². The lowest BCUT2D eigenvalue weighted by Crippen LogP contribution is -2.33. The molecule has 1 aromatic rings. The van der Waals surface area contributed by atoms with E-state index in [1.165, 1.54) is 11.7 Å². The number of hydrogen-bond donors (Lipinski definition) is 1. The molecule has 1 N–H and O–H groups in total. The molecule has 0 aliphatic heterocycles. The standard InChI is InChI=1S/C9H13N3O3/c1-6-4-7(12(3)10-6)9(15)11(2)5-8(13)14/h4H,5H2,1-3H3,(H,13,14). The molecule has 0 aliphatic rings. The largest absolute Gasteiger partial charge is 0.480 e. The highest BCUT2D eigenvalue weighted by atomic mass is 16.4. The molecule has 0 bridgehead atoms. The summed E-state index contributed by atoms with van der Waals surface area (Å²) in [6.07, 6.45) is 0. The van der Waals surface area contributed by atoms with Crippen molar-refractivity contribution in [1.29, 1.82) is 0 Å². The summed E-state index contributed by atoms with van der Waals surface area (Å²) in [5.41, 5.74) is 1.11. The van der Waals surface area contributed by atoms with E-state index >= 15 is 0 Å². The first-order valence-electron chi connectivity index (χ1n) is 4.39. The highest BCUT2D eigenvalue weighted by Crippen LogP contribution is 2.04. The van der Waals surface area contributed by atoms with Crippen molar-refractivity contribution in [2.45, 2.75) is 6.92 Å². The van der Waals surface area contributed by atoms with Gasteiger partial charge in [0.1, 0.15) is 12.2 Å². The Morgan fingerprint density at radius 2 is 2.20 bits per heavy atom. The maximum atomic E-state index is 11.7. The topological polar surface area (TPSA) is 75.4 Å². The lowest BCUT2D eigenvalue weighted by Gasteiger charge is -2.13. The quantitative estimate of drug-likeness (QED) is 0.756. The first-order chi connectivity index (χ1) is 6.91. The number of rotatable bonds is 3. The van der Waals surface area contributed by atoms with Crippen LogP contribution < -0.4 is 0 Å². The third kappa shape index (κ3) is 2.55. The second kappa shape index (κ2) is 4.12. The Morgan fingerprint density at radius 3 is 2.60 bits per heavy atom. The summed E-state index contributed by atoms with van der Waals surface area (Å²) >= 11 is 0. The predicted molar refractivity (Wildman–Crippen MR) is 52.5 cm³/mol. The summed E-state index contributed by atoms with van der Waals surface area (Å²) in [6, 6.07) is 1.63. The van der Waals surface area contributed by atoms with E-state index in [9.17, 15) is 9.59 Å². The molecule has 0 spiro atoms. The Bertz CT molecular complexity index is 397. The predicted octanol–water partition coefficient (Wildman–Crippen LogP) is -0.115. The number of carbonyl (C=O) groups excluding carboxylic acids is 1. The zero-order valence-electron chi connectivity index (χ0n) is 8.89. The Balaban J connectivity index is 2.84. The van der Waals surface area contributed by atoms with E-state index in [0.717, 1.165) is 10.6 Å². The van der Waals surface area contributed by atoms with Crippen molar-refractivity contribution in [1.82, 2.24) is 14.7 Å². The number of carbonyl (C=O) groups is 2. The number of aliphatic carboxylic acids is 1. The van der Waals surface area contributed by atoms with Crippen LogP contribution in [0, 0.1) is 6.92 Å². The van der Waals surface area contributed by atoms with Gasteiger partial charge in [0.25, 0.3) is 5.91 Å². The molecule has 0 aliphatic carbocycles. The summed E-state index contributed by atoms with van der Waals surface area (Å²) < 4.78 is 1.44. The van der Waals surface area contributed by atoms with Crippen LogP contribution in [0.5, 0.6) is 0 Å². The molecule has 0 saturated heterocycles. The van der Waals surface area contributed by atoms with Gasteiger partial charge in [0.05, 0.1) is 5.69 Å². The fraction of sp³-hybridized carbons (Fsp3) is 0.444. The van der Waals surface area contributed by atoms with Crippen LogP contribution in [0.2, 0.25) is 0 Å². The highest BCUT2D eigenvalue weighted by molar-refractivity contribution is 5.94. The third-order valence-electron chi connectivity index (χ3n) is 1.94. The second-order valence-corrected chi connectivity index (χ2v) is 3.35. The Labute approximate surface area is 87.1 Å². The van der Waals surface area contributed by atoms with Crippen molar-refractivity contribution in [3.8, 4) is 0 Å². The summed E-state index contributed by atoms with van der Waals surface area (Å²) in [6.45, 7) is 1.46. The Morgan fingerprint density at radius 1 is 1.60 bits per heavy atom. The van der Waals surface area contributed by atoms with Crippen molar-refractivity contribution in [2.24, 2.45) is 7.05 Å². The van der Waals surface area contributed by atoms with E-state index in [1.807, 2.05) is 0 Å². The van der Waals surface area contributed by atoms with Gasteiger partial charge in [0.15, 0.2) is 0 Å². The SMILES string of the molecule is Cc1cc(C(=O)N(C)CC(=O)O)n(C)n1. The minimum atomic E-state index is -1.04. The van der Waals surface area contributed by atoms with Crippen molar-refractivity contribution < 1.29 is 14.7 Å². The van der Waals surface area contributed by atoms with E-state index < -0.39 is 5.97 Å². The number of carboxylic acid groups (broad SMARTS) is 1. The van der Waals surface area contributed by atoms with E-state index in [0.29, 0.717) is 5.69 Å². The van der Waals surface area contributed by atoms with Gasteiger partial charge >= 0.3 is 5.97 Å². The molecule has 6 nitrogen and oxygen atoms in total. The maximum absolute atomic E-state index is 11.7. The van der Waals surface area contributed by atoms with Gasteiger partial charge < -0.3 is 10.0 Å². The van der Waals surface area contributed by atoms with Crippen LogP contribution in [0.25, 0.3) is 0 Å². The molecule has 1 aromatic heterocycles. The number of amides is 1. The van der Waals surface area contributed by atoms with Crippen LogP contribution in [-0.4, -0.2) is 45.3 Å². The van der Waals surface area contributed by atoms with Gasteiger partial charge in [-0.2, -0.15) is 5.10 Å². The fourth-order valence-corrected chi connectivity index (χ4v) is 1.28. The van der Waals surface area contributed by atoms with Gasteiger partial charge in [-0.25, -0.2) is 0 Å². The monoisotopic (exact) mass is 211 g/mol. The van der Waals surface area contributed by atoms with Gasteiger partial charge in [0, 0.05) is 14.1 Å². The molecule has 82 valence electrons. The third-order valence-corrected chi connectivity index (χ3v) is 1.94. The average molecular weight is 211 g/mol. The molecule has 0 atom stereocenters. The van der Waals surface area contributed by atoms with Crippen molar-refractivity contribution in [2.75, 3.05) is 13.6 Å². The molecule has 0 radical (unpaired) electrons. The molecule has 1 heterocycles. The van der Waals surface area contributed by atoms with E-state index in [2.05, 4.69) is 5.10 Å². The van der Waals surface area contributed by atoms with E-state index in [4.69, 9.17) is 5.11 Å². The van der Waals surface area contributed by atoms with Crippen molar-refractivity contribution in [3.05, 3.63) is 17.5 Å². The fourth-order valence-electron chi connectivity index (χ4n) is 1.28. The molecular formula is C9H13N3O3. The van der Waals surface area contributed by atoms with Crippen molar-refractivity contribution >= 4 is 11.9 Å². The van der Waals surface area contributed by atoms with Crippen molar-refractivity contribution in [3.63, 3.8) is 0 Å². The van der Waals surface area contributed by atoms with Gasteiger partial charge in [-0.05, 0) is 13.0 Å². The summed E-state index contributed by atoms with van der Waals surface area (Å²) in [7, 11) is 3.09. The average Bonchev–Trinajstić information content (AvgIpc) is 2.42. The molecule has 0 unspecified atom stereocenters. The van der Waals surface area contributed by atoms with Gasteiger partial charge in [-0.1, -0.05) is 0 Å². The van der Waals surface area contributed by atoms with Gasteiger partial charge in [-0.3, -0.25) is 14.3 Å². The van der Waals surface area contributed by atoms with Crippen LogP contribution in [0.3, 0.4) is 0 Å². The Kier molecular flexibility index (Phi) is 3.08. The number of likely N-dealkylation sites (N-methyl/N-ethyl adjacent to an activating group) is 1. The normalized spacial score (nSPS) is 10.1. The lowest BCUT2D eigenvalue weighted by atomic mass is 10.3. The number of nitrogens with zero attached hydrogens (tertiary/aromatic N) is 3. The summed E-state index contributed by atoms with van der Waals surface area (Å²) in [5, 5.41) is 12.6. The zero-order chi connectivity index (χ0) is 11.6. The van der Waals surface area contributed by atoms with Crippen LogP contribution >= 0.6 is 0 Å². The zero-order valence-corrected chi connectivity index (χ0v) is 8.89. The molecule has 0 aromatic carbocycles. The molecule has 6 heteroatoms. The number of aryl methyl sites for hydroxylation is 2. The maximum Gasteiger partial charge on any atom is 0.323 e. The van der Waals surface area contributed by atoms with Crippen LogP contribution in [-0.2, 0) is 11.8 Å². The number of carboxylic acids is 1. The van der Waals surface area contributed by atoms with Crippen LogP contribution in [0.4, 0.5) is 0 Å². The molecule has 1 rings (SSSR count). The minimum Gasteiger partial charge on any atom is -0.480 e. The van der Waals surface area contributed by atoms with Gasteiger partial charge in [-0.15, -0.1) is 0 Å². The highest BCUT2D eigenvalue weighted by Gasteiger charge is 2.17. The van der Waals surface area contributed by atoms with Crippen LogP contribution in [0.15, 0.2) is 6.07 Å². The molecular weight excluding hydrogens is 198 g/mol. The summed E-state index contributed by atoms with van der Waals surface area (Å²) in [5.74, 6) is -1.38. The second-order valence-electron chi connectivity index (χ2n) is 3.35. The number of hydrogen-bond acceptors (Lipinski definition) is 3. The smallest absolute Gasteiger partial charge is 0.323 e. The van der Waals surface area contributed by atoms with E-state index in [1.54, 1.807) is 20.0 Å². The lowest BCUT2D eigenvalue weighted by molar-refractivity contribution is -0.137. The first kappa shape index (κ1) is 11.2. The van der Waals surface area contributed by atoms with Crippen LogP contribution in [0.1, 0.15) is 16.2 Å². The first-order valence-corrected chi connectivity index (χ1v) is 4.39. The molecule has 1 amide bonds. The molecule has 0 fully saturated rings. The number of aromatic nitrogens is 2.